The molecular formula is C17H23N5. The zero-order valence-electron chi connectivity index (χ0n) is 13.7. The Hall–Kier alpha value is -2.14. The van der Waals surface area contributed by atoms with E-state index < -0.39 is 0 Å². The van der Waals surface area contributed by atoms with Gasteiger partial charge in [0.1, 0.15) is 0 Å². The number of hydrogen-bond acceptors (Lipinski definition) is 5. The predicted octanol–water partition coefficient (Wildman–Crippen LogP) is 2.73. The molecule has 0 radical (unpaired) electrons. The first-order valence-corrected chi connectivity index (χ1v) is 7.50. The van der Waals surface area contributed by atoms with Gasteiger partial charge in [0.15, 0.2) is 5.82 Å². The van der Waals surface area contributed by atoms with Gasteiger partial charge < -0.3 is 5.32 Å². The lowest BCUT2D eigenvalue weighted by Gasteiger charge is -2.21. The van der Waals surface area contributed by atoms with Crippen LogP contribution >= 0.6 is 0 Å². The second-order valence-corrected chi connectivity index (χ2v) is 5.89. The summed E-state index contributed by atoms with van der Waals surface area (Å²) < 4.78 is 0. The zero-order valence-corrected chi connectivity index (χ0v) is 13.7. The van der Waals surface area contributed by atoms with Crippen LogP contribution in [0.3, 0.4) is 0 Å². The van der Waals surface area contributed by atoms with E-state index in [-0.39, 0.29) is 6.04 Å². The van der Waals surface area contributed by atoms with Crippen molar-refractivity contribution >= 4 is 0 Å². The van der Waals surface area contributed by atoms with Gasteiger partial charge in [0.05, 0.1) is 0 Å². The summed E-state index contributed by atoms with van der Waals surface area (Å²) in [6, 6.07) is 8.92. The molecule has 116 valence electrons. The van der Waals surface area contributed by atoms with Crippen LogP contribution in [0.4, 0.5) is 0 Å². The summed E-state index contributed by atoms with van der Waals surface area (Å²) >= 11 is 0. The minimum absolute atomic E-state index is 0.282. The van der Waals surface area contributed by atoms with Crippen molar-refractivity contribution in [1.82, 2.24) is 25.7 Å². The average Bonchev–Trinajstić information content (AvgIpc) is 2.48. The zero-order chi connectivity index (χ0) is 16.1. The van der Waals surface area contributed by atoms with E-state index >= 15 is 0 Å². The SMILES string of the molecule is C=C(C)C(Cc1ccc(-c2nnc(C)nn2)cc1)NC(C)C. The lowest BCUT2D eigenvalue weighted by molar-refractivity contribution is 0.504. The van der Waals surface area contributed by atoms with Crippen LogP contribution in [-0.2, 0) is 6.42 Å². The first-order chi connectivity index (χ1) is 10.5. The fourth-order valence-electron chi connectivity index (χ4n) is 2.20. The summed E-state index contributed by atoms with van der Waals surface area (Å²) in [4.78, 5) is 0. The quantitative estimate of drug-likeness (QED) is 0.831. The molecule has 2 rings (SSSR count). The highest BCUT2D eigenvalue weighted by Gasteiger charge is 2.12. The Balaban J connectivity index is 2.11. The molecule has 0 saturated carbocycles. The molecule has 5 heteroatoms. The van der Waals surface area contributed by atoms with E-state index in [1.165, 1.54) is 5.56 Å². The van der Waals surface area contributed by atoms with Gasteiger partial charge in [0.25, 0.3) is 0 Å². The molecule has 0 fully saturated rings. The summed E-state index contributed by atoms with van der Waals surface area (Å²) in [5, 5.41) is 19.5. The van der Waals surface area contributed by atoms with Crippen molar-refractivity contribution in [3.05, 3.63) is 47.8 Å². The van der Waals surface area contributed by atoms with Gasteiger partial charge in [-0.1, -0.05) is 50.3 Å². The third-order valence-electron chi connectivity index (χ3n) is 3.36. The van der Waals surface area contributed by atoms with Crippen LogP contribution < -0.4 is 5.32 Å². The van der Waals surface area contributed by atoms with Gasteiger partial charge in [-0.05, 0) is 25.8 Å². The summed E-state index contributed by atoms with van der Waals surface area (Å²) in [6.07, 6.45) is 0.916. The lowest BCUT2D eigenvalue weighted by Crippen LogP contribution is -2.37. The third-order valence-corrected chi connectivity index (χ3v) is 3.36. The molecule has 2 aromatic rings. The first kappa shape index (κ1) is 16.2. The second kappa shape index (κ2) is 7.22. The van der Waals surface area contributed by atoms with E-state index in [9.17, 15) is 0 Å². The predicted molar refractivity (Wildman–Crippen MR) is 88.4 cm³/mol. The molecule has 1 unspecified atom stereocenters. The lowest BCUT2D eigenvalue weighted by atomic mass is 9.99. The number of benzene rings is 1. The maximum absolute atomic E-state index is 4.08. The normalized spacial score (nSPS) is 12.4. The summed E-state index contributed by atoms with van der Waals surface area (Å²) in [7, 11) is 0. The maximum atomic E-state index is 4.08. The largest absolute Gasteiger partial charge is 0.308 e. The van der Waals surface area contributed by atoms with Crippen molar-refractivity contribution < 1.29 is 0 Å². The van der Waals surface area contributed by atoms with Crippen LogP contribution in [0.1, 0.15) is 32.2 Å². The van der Waals surface area contributed by atoms with E-state index in [0.717, 1.165) is 17.6 Å². The van der Waals surface area contributed by atoms with Gasteiger partial charge in [-0.25, -0.2) is 0 Å². The van der Waals surface area contributed by atoms with Crippen molar-refractivity contribution in [1.29, 1.82) is 0 Å². The molecule has 1 N–H and O–H groups in total. The van der Waals surface area contributed by atoms with Gasteiger partial charge in [-0.2, -0.15) is 0 Å². The molecule has 1 aromatic heterocycles. The van der Waals surface area contributed by atoms with Crippen LogP contribution in [-0.4, -0.2) is 32.5 Å². The van der Waals surface area contributed by atoms with E-state index in [4.69, 9.17) is 0 Å². The highest BCUT2D eigenvalue weighted by molar-refractivity contribution is 5.54. The van der Waals surface area contributed by atoms with Crippen LogP contribution in [0, 0.1) is 6.92 Å². The highest BCUT2D eigenvalue weighted by Crippen LogP contribution is 2.16. The second-order valence-electron chi connectivity index (χ2n) is 5.89. The van der Waals surface area contributed by atoms with Gasteiger partial charge in [0.2, 0.25) is 5.82 Å². The van der Waals surface area contributed by atoms with Gasteiger partial charge >= 0.3 is 0 Å². The first-order valence-electron chi connectivity index (χ1n) is 7.50. The topological polar surface area (TPSA) is 63.6 Å². The summed E-state index contributed by atoms with van der Waals surface area (Å²) in [6.45, 7) is 12.2. The monoisotopic (exact) mass is 297 g/mol. The van der Waals surface area contributed by atoms with E-state index in [0.29, 0.717) is 17.7 Å². The van der Waals surface area contributed by atoms with Crippen LogP contribution in [0.2, 0.25) is 0 Å². The van der Waals surface area contributed by atoms with Crippen LogP contribution in [0.5, 0.6) is 0 Å². The molecule has 0 aliphatic rings. The Morgan fingerprint density at radius 3 is 2.18 bits per heavy atom. The average molecular weight is 297 g/mol. The Bertz CT molecular complexity index is 617. The molecule has 0 bridgehead atoms. The fourth-order valence-corrected chi connectivity index (χ4v) is 2.20. The van der Waals surface area contributed by atoms with Crippen molar-refractivity contribution in [2.75, 3.05) is 0 Å². The Morgan fingerprint density at radius 1 is 1.09 bits per heavy atom. The smallest absolute Gasteiger partial charge is 0.203 e. The molecule has 0 spiro atoms. The van der Waals surface area contributed by atoms with Gasteiger partial charge in [0, 0.05) is 17.6 Å². The van der Waals surface area contributed by atoms with Gasteiger partial charge in [-0.3, -0.25) is 0 Å². The minimum Gasteiger partial charge on any atom is -0.308 e. The summed E-state index contributed by atoms with van der Waals surface area (Å²) in [5.74, 6) is 1.12. The van der Waals surface area contributed by atoms with Crippen molar-refractivity contribution in [3.8, 4) is 11.4 Å². The molecule has 0 saturated heterocycles. The molecule has 0 aliphatic heterocycles. The number of nitrogens with one attached hydrogen (secondary N) is 1. The van der Waals surface area contributed by atoms with Crippen molar-refractivity contribution in [2.45, 2.75) is 46.2 Å². The number of hydrogen-bond donors (Lipinski definition) is 1. The van der Waals surface area contributed by atoms with Crippen molar-refractivity contribution in [2.24, 2.45) is 0 Å². The minimum atomic E-state index is 0.282. The van der Waals surface area contributed by atoms with Gasteiger partial charge in [-0.15, -0.1) is 20.4 Å². The summed E-state index contributed by atoms with van der Waals surface area (Å²) in [5.41, 5.74) is 3.32. The molecule has 0 aliphatic carbocycles. The number of nitrogens with zero attached hydrogens (tertiary/aromatic N) is 4. The highest BCUT2D eigenvalue weighted by atomic mass is 15.3. The fraction of sp³-hybridized carbons (Fsp3) is 0.412. The standard InChI is InChI=1S/C17H23N5/c1-11(2)16(18-12(3)4)10-14-6-8-15(9-7-14)17-21-19-13(5)20-22-17/h6-9,12,16,18H,1,10H2,2-5H3. The molecule has 0 amide bonds. The van der Waals surface area contributed by atoms with E-state index in [2.05, 4.69) is 65.2 Å². The Morgan fingerprint density at radius 2 is 1.68 bits per heavy atom. The molecule has 22 heavy (non-hydrogen) atoms. The van der Waals surface area contributed by atoms with Crippen molar-refractivity contribution in [3.63, 3.8) is 0 Å². The Kier molecular flexibility index (Phi) is 5.33. The molecule has 1 heterocycles. The van der Waals surface area contributed by atoms with Crippen LogP contribution in [0.25, 0.3) is 11.4 Å². The molecular weight excluding hydrogens is 274 g/mol. The van der Waals surface area contributed by atoms with E-state index in [1.54, 1.807) is 6.92 Å². The van der Waals surface area contributed by atoms with Crippen LogP contribution in [0.15, 0.2) is 36.4 Å². The number of rotatable bonds is 6. The van der Waals surface area contributed by atoms with E-state index in [1.807, 2.05) is 12.1 Å². The molecule has 5 nitrogen and oxygen atoms in total. The number of aromatic nitrogens is 4. The maximum Gasteiger partial charge on any atom is 0.203 e. The third kappa shape index (κ3) is 4.43. The molecule has 1 aromatic carbocycles. The molecule has 1 atom stereocenters. The Labute approximate surface area is 131 Å². The number of aryl methyl sites for hydroxylation is 1.